The van der Waals surface area contributed by atoms with E-state index in [1.165, 1.54) is 39.8 Å². The average molecular weight is 677 g/mol. The van der Waals surface area contributed by atoms with E-state index >= 15 is 0 Å². The molecule has 4 rings (SSSR count). The predicted octanol–water partition coefficient (Wildman–Crippen LogP) is -0.599. The molecule has 42 heavy (non-hydrogen) atoms. The van der Waals surface area contributed by atoms with Gasteiger partial charge in [0.1, 0.15) is 17.1 Å². The molecular weight excluding hydrogens is 641 g/mol. The molecule has 0 spiro atoms. The number of halogens is 2. The van der Waals surface area contributed by atoms with Crippen molar-refractivity contribution in [3.05, 3.63) is 47.7 Å². The molecule has 16 heteroatoms. The van der Waals surface area contributed by atoms with E-state index in [0.717, 1.165) is 27.5 Å². The molecule has 11 nitrogen and oxygen atoms in total. The van der Waals surface area contributed by atoms with Crippen LogP contribution in [0.1, 0.15) is 6.42 Å². The highest BCUT2D eigenvalue weighted by Gasteiger charge is 2.53. The van der Waals surface area contributed by atoms with Crippen LogP contribution in [0.15, 0.2) is 52.0 Å². The zero-order valence-corrected chi connectivity index (χ0v) is 27.4. The number of carboxylic acid groups (broad SMARTS) is 1. The van der Waals surface area contributed by atoms with Crippen molar-refractivity contribution in [3.63, 3.8) is 0 Å². The van der Waals surface area contributed by atoms with E-state index in [1.807, 2.05) is 30.3 Å². The number of hydrogen-bond donors (Lipinski definition) is 4. The number of nitrogens with zero attached hydrogens (tertiary/aromatic N) is 4. The zero-order valence-electron chi connectivity index (χ0n) is 23.4. The van der Waals surface area contributed by atoms with E-state index in [9.17, 15) is 19.5 Å². The average Bonchev–Trinajstić information content (AvgIpc) is 3.32. The number of nitrogens with one attached hydrogen (secondary N) is 2. The molecule has 0 saturated carbocycles. The molecular formula is C26H35Cl2N7O4S3. The first kappa shape index (κ1) is 35.7. The van der Waals surface area contributed by atoms with Crippen LogP contribution in [0.25, 0.3) is 10.2 Å². The van der Waals surface area contributed by atoms with Gasteiger partial charge < -0.3 is 37.9 Å². The topological polar surface area (TPSA) is 153 Å². The number of carboxylic acids is 1. The monoisotopic (exact) mass is 675 g/mol. The van der Waals surface area contributed by atoms with Crippen LogP contribution in [-0.4, -0.2) is 112 Å². The standard InChI is InChI=1S/C26H33N7O4S3.2ClH/c1-31(25(27)28)11-7-13-33(2,3)12-6-8-16-14-38-23-20(22(35)32(23)21(16)24(36)37)30-19(34)15-39-26-29-17-9-4-5-10-18(17)40-26;;/h4-6,8-10,20,23H,7,11-15H2,1-3H3,(H4-,27,28,30,34,36,37);2*1H/b8-6+;;/t20-,23-;;/m1../s1. The van der Waals surface area contributed by atoms with E-state index < -0.39 is 23.3 Å². The number of benzene rings is 1. The number of β-lactam (4-membered cyclic amide) rings is 1. The Hall–Kier alpha value is -2.49. The molecule has 1 saturated heterocycles. The van der Waals surface area contributed by atoms with Crippen molar-refractivity contribution in [1.82, 2.24) is 20.1 Å². The van der Waals surface area contributed by atoms with Gasteiger partial charge in [0.25, 0.3) is 5.91 Å². The lowest BCUT2D eigenvalue weighted by Gasteiger charge is -2.49. The fourth-order valence-electron chi connectivity index (χ4n) is 4.45. The number of amides is 2. The van der Waals surface area contributed by atoms with Crippen LogP contribution in [0, 0.1) is 5.41 Å². The number of aromatic nitrogens is 1. The van der Waals surface area contributed by atoms with Crippen molar-refractivity contribution in [1.29, 1.82) is 5.41 Å². The number of nitrogens with two attached hydrogens (primary N) is 1. The maximum atomic E-state index is 13.0. The lowest BCUT2D eigenvalue weighted by atomic mass is 10.0. The number of quaternary nitrogens is 1. The molecule has 1 aromatic heterocycles. The van der Waals surface area contributed by atoms with Crippen LogP contribution in [0.5, 0.6) is 0 Å². The first-order valence-electron chi connectivity index (χ1n) is 12.7. The number of fused-ring (bicyclic) bond motifs is 2. The Kier molecular flexibility index (Phi) is 13.0. The fourth-order valence-corrected chi connectivity index (χ4v) is 7.65. The minimum atomic E-state index is -1.16. The molecule has 0 radical (unpaired) electrons. The van der Waals surface area contributed by atoms with Gasteiger partial charge in [-0.25, -0.2) is 9.78 Å². The molecule has 2 aliphatic rings. The Morgan fingerprint density at radius 2 is 2.07 bits per heavy atom. The summed E-state index contributed by atoms with van der Waals surface area (Å²) in [6.45, 7) is 2.21. The summed E-state index contributed by atoms with van der Waals surface area (Å²) in [7, 11) is 5.95. The minimum absolute atomic E-state index is 0. The van der Waals surface area contributed by atoms with Crippen molar-refractivity contribution < 1.29 is 36.4 Å². The van der Waals surface area contributed by atoms with Gasteiger partial charge in [0.2, 0.25) is 5.91 Å². The number of guanidine groups is 1. The summed E-state index contributed by atoms with van der Waals surface area (Å²) in [6, 6.07) is 7.01. The van der Waals surface area contributed by atoms with Crippen LogP contribution in [0.4, 0.5) is 0 Å². The maximum absolute atomic E-state index is 13.0. The summed E-state index contributed by atoms with van der Waals surface area (Å²) in [5, 5.41) is 19.7. The van der Waals surface area contributed by atoms with E-state index in [2.05, 4.69) is 24.4 Å². The Morgan fingerprint density at radius 1 is 1.36 bits per heavy atom. The normalized spacial score (nSPS) is 18.2. The molecule has 5 N–H and O–H groups in total. The molecule has 2 amide bonds. The molecule has 0 bridgehead atoms. The van der Waals surface area contributed by atoms with E-state index in [-0.39, 0.29) is 48.1 Å². The van der Waals surface area contributed by atoms with Crippen molar-refractivity contribution >= 4 is 81.2 Å². The molecule has 1 aromatic carbocycles. The van der Waals surface area contributed by atoms with Gasteiger partial charge in [0.05, 0.1) is 43.2 Å². The van der Waals surface area contributed by atoms with E-state index in [4.69, 9.17) is 11.1 Å². The van der Waals surface area contributed by atoms with Gasteiger partial charge in [-0.05, 0) is 23.8 Å². The summed E-state index contributed by atoms with van der Waals surface area (Å²) in [5.74, 6) is -1.27. The van der Waals surface area contributed by atoms with Crippen molar-refractivity contribution in [2.75, 3.05) is 52.3 Å². The van der Waals surface area contributed by atoms with Gasteiger partial charge in [-0.2, -0.15) is 0 Å². The molecule has 230 valence electrons. The number of aliphatic carboxylic acids is 1. The smallest absolute Gasteiger partial charge is 0.352 e. The number of rotatable bonds is 12. The quantitative estimate of drug-likeness (QED) is 0.0760. The van der Waals surface area contributed by atoms with Crippen LogP contribution < -0.4 is 23.5 Å². The summed E-state index contributed by atoms with van der Waals surface area (Å²) in [5.41, 5.74) is 6.93. The largest absolute Gasteiger partial charge is 1.00 e. The van der Waals surface area contributed by atoms with Crippen molar-refractivity contribution in [3.8, 4) is 0 Å². The predicted molar refractivity (Wildman–Crippen MR) is 167 cm³/mol. The van der Waals surface area contributed by atoms with Crippen LogP contribution >= 0.6 is 47.3 Å². The fraction of sp³-hybridized carbons (Fsp3) is 0.423. The van der Waals surface area contributed by atoms with Gasteiger partial charge in [-0.1, -0.05) is 30.0 Å². The van der Waals surface area contributed by atoms with Gasteiger partial charge in [-0.15, -0.1) is 35.5 Å². The SMILES string of the molecule is CN(CCC[N+](C)(C)C/C=C/C1=C(C(=O)O)N2C(=O)[C@@H](NC(=O)CSc3nc4ccccc4s3)[C@H]2SC1)C(=N)N.Cl.[Cl-]. The lowest BCUT2D eigenvalue weighted by molar-refractivity contribution is -0.884. The summed E-state index contributed by atoms with van der Waals surface area (Å²) < 4.78 is 2.51. The number of allylic oxidation sites excluding steroid dienone is 1. The van der Waals surface area contributed by atoms with Gasteiger partial charge in [0.15, 0.2) is 10.3 Å². The molecule has 2 aliphatic heterocycles. The third kappa shape index (κ3) is 8.54. The number of likely N-dealkylation sites (N-methyl/N-ethyl adjacent to an activating group) is 1. The van der Waals surface area contributed by atoms with E-state index in [1.54, 1.807) is 18.0 Å². The first-order valence-corrected chi connectivity index (χ1v) is 15.5. The molecule has 2 atom stereocenters. The number of carbonyl (C=O) groups excluding carboxylic acids is 2. The second-order valence-corrected chi connectivity index (χ2v) is 13.6. The van der Waals surface area contributed by atoms with Gasteiger partial charge in [-0.3, -0.25) is 19.9 Å². The minimum Gasteiger partial charge on any atom is -1.00 e. The third-order valence-corrected chi connectivity index (χ3v) is 10.2. The van der Waals surface area contributed by atoms with Gasteiger partial charge in [0, 0.05) is 25.8 Å². The van der Waals surface area contributed by atoms with Crippen LogP contribution in [0.3, 0.4) is 0 Å². The van der Waals surface area contributed by atoms with E-state index in [0.29, 0.717) is 28.9 Å². The molecule has 3 heterocycles. The second-order valence-electron chi connectivity index (χ2n) is 10.3. The Morgan fingerprint density at radius 3 is 2.74 bits per heavy atom. The highest BCUT2D eigenvalue weighted by atomic mass is 35.5. The summed E-state index contributed by atoms with van der Waals surface area (Å²) in [4.78, 5) is 45.2. The molecule has 0 unspecified atom stereocenters. The molecule has 1 fully saturated rings. The zero-order chi connectivity index (χ0) is 29.0. The van der Waals surface area contributed by atoms with Crippen molar-refractivity contribution in [2.45, 2.75) is 22.2 Å². The number of hydrogen-bond acceptors (Lipinski definition) is 8. The van der Waals surface area contributed by atoms with Gasteiger partial charge >= 0.3 is 5.97 Å². The number of thioether (sulfide) groups is 2. The third-order valence-electron chi connectivity index (χ3n) is 6.70. The summed E-state index contributed by atoms with van der Waals surface area (Å²) >= 11 is 4.28. The molecule has 0 aliphatic carbocycles. The Bertz CT molecular complexity index is 1350. The Balaban J connectivity index is 0.00000308. The Labute approximate surface area is 269 Å². The second kappa shape index (κ2) is 15.3. The lowest BCUT2D eigenvalue weighted by Crippen LogP contribution is -3.00. The number of thiazole rings is 1. The number of carbonyl (C=O) groups is 3. The highest BCUT2D eigenvalue weighted by Crippen LogP contribution is 2.40. The first-order chi connectivity index (χ1) is 19.0. The maximum Gasteiger partial charge on any atom is 0.352 e. The summed E-state index contributed by atoms with van der Waals surface area (Å²) in [6.07, 6.45) is 4.59. The molecule has 2 aromatic rings. The highest BCUT2D eigenvalue weighted by molar-refractivity contribution is 8.01. The van der Waals surface area contributed by atoms with Crippen LogP contribution in [-0.2, 0) is 14.4 Å². The van der Waals surface area contributed by atoms with Crippen LogP contribution in [0.2, 0.25) is 0 Å². The number of para-hydroxylation sites is 1. The van der Waals surface area contributed by atoms with Crippen molar-refractivity contribution in [2.24, 2.45) is 5.73 Å².